The van der Waals surface area contributed by atoms with Gasteiger partial charge in [0.05, 0.1) is 0 Å². The summed E-state index contributed by atoms with van der Waals surface area (Å²) in [5.41, 5.74) is 0.694. The molecule has 2 fully saturated rings. The first-order valence-electron chi connectivity index (χ1n) is 6.58. The van der Waals surface area contributed by atoms with E-state index < -0.39 is 0 Å². The van der Waals surface area contributed by atoms with Gasteiger partial charge in [0, 0.05) is 5.54 Å². The molecule has 1 saturated heterocycles. The van der Waals surface area contributed by atoms with E-state index in [1.54, 1.807) is 0 Å². The molecule has 1 N–H and O–H groups in total. The minimum atomic E-state index is 0.694. The largest absolute Gasteiger partial charge is 0.311 e. The summed E-state index contributed by atoms with van der Waals surface area (Å²) >= 11 is 0. The maximum atomic E-state index is 3.51. The van der Waals surface area contributed by atoms with Gasteiger partial charge in [0.15, 0.2) is 0 Å². The molecule has 2 aliphatic rings. The molecule has 1 aromatic rings. The number of nitrogens with one attached hydrogen (secondary N) is 1. The Bertz CT molecular complexity index is 217. The second-order valence-electron chi connectivity index (χ2n) is 4.67. The van der Waals surface area contributed by atoms with Crippen molar-refractivity contribution >= 4 is 0 Å². The molecule has 0 atom stereocenters. The van der Waals surface area contributed by atoms with E-state index in [2.05, 4.69) is 19.2 Å². The van der Waals surface area contributed by atoms with Crippen molar-refractivity contribution in [3.05, 3.63) is 36.4 Å². The van der Waals surface area contributed by atoms with Crippen LogP contribution in [0.4, 0.5) is 0 Å². The summed E-state index contributed by atoms with van der Waals surface area (Å²) in [5, 5.41) is 3.51. The summed E-state index contributed by atoms with van der Waals surface area (Å²) in [4.78, 5) is 0. The third-order valence-corrected chi connectivity index (χ3v) is 2.85. The van der Waals surface area contributed by atoms with E-state index in [1.807, 2.05) is 36.4 Å². The molecule has 1 spiro atoms. The Morgan fingerprint density at radius 3 is 1.50 bits per heavy atom. The van der Waals surface area contributed by atoms with Crippen molar-refractivity contribution < 1.29 is 0 Å². The van der Waals surface area contributed by atoms with Crippen molar-refractivity contribution in [2.75, 3.05) is 6.54 Å². The van der Waals surface area contributed by atoms with Crippen molar-refractivity contribution in [3.63, 3.8) is 0 Å². The fourth-order valence-electron chi connectivity index (χ4n) is 1.83. The average molecular weight is 219 g/mol. The lowest BCUT2D eigenvalue weighted by Crippen LogP contribution is -2.22. The lowest BCUT2D eigenvalue weighted by atomic mass is 10.2. The molecule has 1 aliphatic carbocycles. The molecule has 1 nitrogen and oxygen atoms in total. The van der Waals surface area contributed by atoms with Crippen LogP contribution in [-0.2, 0) is 0 Å². The van der Waals surface area contributed by atoms with Crippen molar-refractivity contribution in [3.8, 4) is 0 Å². The molecule has 3 rings (SSSR count). The molecule has 0 aromatic heterocycles. The second-order valence-corrected chi connectivity index (χ2v) is 4.67. The van der Waals surface area contributed by atoms with E-state index in [9.17, 15) is 0 Å². The number of hydrogen-bond acceptors (Lipinski definition) is 1. The molecule has 1 heterocycles. The first kappa shape index (κ1) is 13.2. The van der Waals surface area contributed by atoms with Crippen LogP contribution in [0.5, 0.6) is 0 Å². The fraction of sp³-hybridized carbons (Fsp3) is 0.600. The summed E-state index contributed by atoms with van der Waals surface area (Å²) in [6, 6.07) is 12.0. The predicted molar refractivity (Wildman–Crippen MR) is 71.6 cm³/mol. The van der Waals surface area contributed by atoms with E-state index >= 15 is 0 Å². The zero-order chi connectivity index (χ0) is 11.7. The highest BCUT2D eigenvalue weighted by molar-refractivity contribution is 5.04. The molecule has 90 valence electrons. The van der Waals surface area contributed by atoms with Crippen LogP contribution in [0.1, 0.15) is 46.0 Å². The first-order chi connectivity index (χ1) is 7.83. The van der Waals surface area contributed by atoms with Crippen molar-refractivity contribution in [2.45, 2.75) is 51.5 Å². The third kappa shape index (κ3) is 5.32. The topological polar surface area (TPSA) is 12.0 Å². The quantitative estimate of drug-likeness (QED) is 0.695. The van der Waals surface area contributed by atoms with Gasteiger partial charge in [-0.3, -0.25) is 0 Å². The molecule has 1 heteroatoms. The molecule has 1 saturated carbocycles. The smallest absolute Gasteiger partial charge is 0.0183 e. The minimum absolute atomic E-state index is 0.694. The number of hydrogen-bond donors (Lipinski definition) is 1. The molecule has 1 aliphatic heterocycles. The molecule has 0 radical (unpaired) electrons. The Labute approximate surface area is 100 Å². The first-order valence-corrected chi connectivity index (χ1v) is 6.58. The van der Waals surface area contributed by atoms with Gasteiger partial charge in [-0.25, -0.2) is 0 Å². The number of benzene rings is 1. The lowest BCUT2D eigenvalue weighted by Gasteiger charge is -2.01. The monoisotopic (exact) mass is 219 g/mol. The van der Waals surface area contributed by atoms with Gasteiger partial charge in [-0.2, -0.15) is 0 Å². The Balaban J connectivity index is 0.000000131. The van der Waals surface area contributed by atoms with Crippen molar-refractivity contribution in [1.29, 1.82) is 0 Å². The summed E-state index contributed by atoms with van der Waals surface area (Å²) < 4.78 is 0. The fourth-order valence-corrected chi connectivity index (χ4v) is 1.83. The van der Waals surface area contributed by atoms with Crippen molar-refractivity contribution in [1.82, 2.24) is 5.32 Å². The van der Waals surface area contributed by atoms with Gasteiger partial charge in [0.25, 0.3) is 0 Å². The van der Waals surface area contributed by atoms with E-state index in [0.717, 1.165) is 0 Å². The van der Waals surface area contributed by atoms with Gasteiger partial charge in [-0.05, 0) is 32.2 Å². The Morgan fingerprint density at radius 1 is 0.875 bits per heavy atom. The molecule has 0 bridgehead atoms. The Morgan fingerprint density at radius 2 is 1.31 bits per heavy atom. The van der Waals surface area contributed by atoms with Gasteiger partial charge in [-0.15, -0.1) is 0 Å². The highest BCUT2D eigenvalue weighted by Gasteiger charge is 2.43. The van der Waals surface area contributed by atoms with Gasteiger partial charge in [0.2, 0.25) is 0 Å². The Kier molecular flexibility index (Phi) is 6.17. The summed E-state index contributed by atoms with van der Waals surface area (Å²) in [5.74, 6) is 0. The van der Waals surface area contributed by atoms with Gasteiger partial charge in [0.1, 0.15) is 0 Å². The summed E-state index contributed by atoms with van der Waals surface area (Å²) in [6.45, 7) is 5.53. The van der Waals surface area contributed by atoms with E-state index in [4.69, 9.17) is 0 Å². The van der Waals surface area contributed by atoms with E-state index in [0.29, 0.717) is 5.54 Å². The summed E-state index contributed by atoms with van der Waals surface area (Å²) in [6.07, 6.45) is 7.02. The maximum absolute atomic E-state index is 3.51. The second kappa shape index (κ2) is 7.45. The van der Waals surface area contributed by atoms with E-state index in [1.165, 1.54) is 38.6 Å². The van der Waals surface area contributed by atoms with Gasteiger partial charge in [-0.1, -0.05) is 56.7 Å². The van der Waals surface area contributed by atoms with Crippen molar-refractivity contribution in [2.24, 2.45) is 0 Å². The zero-order valence-electron chi connectivity index (χ0n) is 10.7. The molecule has 16 heavy (non-hydrogen) atoms. The van der Waals surface area contributed by atoms with Crippen LogP contribution in [0.15, 0.2) is 36.4 Å². The molecule has 0 amide bonds. The van der Waals surface area contributed by atoms with E-state index in [-0.39, 0.29) is 0 Å². The molecule has 1 aromatic carbocycles. The van der Waals surface area contributed by atoms with Gasteiger partial charge >= 0.3 is 0 Å². The predicted octanol–water partition coefficient (Wildman–Crippen LogP) is 4.01. The standard InChI is InChI=1S/C6H11N.C6H6.C3H8/c1-2-6(3-4-6)7-5-1;1-2-4-6-5-3-1;1-3-2/h7H,1-5H2;1-6H;3H2,1-2H3. The van der Waals surface area contributed by atoms with Crippen LogP contribution in [0, 0.1) is 0 Å². The molecular formula is C15H25N. The van der Waals surface area contributed by atoms with Crippen LogP contribution in [0.25, 0.3) is 0 Å². The van der Waals surface area contributed by atoms with Crippen LogP contribution in [-0.4, -0.2) is 12.1 Å². The van der Waals surface area contributed by atoms with Crippen LogP contribution in [0.2, 0.25) is 0 Å². The van der Waals surface area contributed by atoms with Crippen LogP contribution in [0.3, 0.4) is 0 Å². The Hall–Kier alpha value is -0.820. The lowest BCUT2D eigenvalue weighted by molar-refractivity contribution is 0.601. The van der Waals surface area contributed by atoms with Gasteiger partial charge < -0.3 is 5.32 Å². The minimum Gasteiger partial charge on any atom is -0.311 e. The highest BCUT2D eigenvalue weighted by Crippen LogP contribution is 2.42. The SMILES string of the molecule is C1CNC2(C1)CC2.CCC.c1ccccc1. The van der Waals surface area contributed by atoms with Crippen LogP contribution < -0.4 is 5.32 Å². The molecular weight excluding hydrogens is 194 g/mol. The summed E-state index contributed by atoms with van der Waals surface area (Å²) in [7, 11) is 0. The zero-order valence-corrected chi connectivity index (χ0v) is 10.7. The third-order valence-electron chi connectivity index (χ3n) is 2.85. The number of rotatable bonds is 0. The van der Waals surface area contributed by atoms with Crippen LogP contribution >= 0.6 is 0 Å². The highest BCUT2D eigenvalue weighted by atomic mass is 15.0. The molecule has 0 unspecified atom stereocenters. The average Bonchev–Trinajstić information content (AvgIpc) is 2.91. The maximum Gasteiger partial charge on any atom is 0.0183 e. The normalized spacial score (nSPS) is 19.1.